The number of nitrogens with one attached hydrogen (secondary N) is 1. The summed E-state index contributed by atoms with van der Waals surface area (Å²) in [5, 5.41) is 4.16. The normalized spacial score (nSPS) is 18.2. The van der Waals surface area contributed by atoms with Crippen LogP contribution in [0.15, 0.2) is 24.3 Å². The third-order valence-electron chi connectivity index (χ3n) is 3.83. The van der Waals surface area contributed by atoms with Gasteiger partial charge in [0, 0.05) is 31.2 Å². The largest absolute Gasteiger partial charge is 0.340 e. The van der Waals surface area contributed by atoms with Crippen LogP contribution in [0.3, 0.4) is 0 Å². The Hall–Kier alpha value is -1.10. The molecular weight excluding hydrogens is 286 g/mol. The fourth-order valence-electron chi connectivity index (χ4n) is 2.70. The fourth-order valence-corrected chi connectivity index (χ4v) is 2.92. The molecule has 4 nitrogen and oxygen atoms in total. The highest BCUT2D eigenvalue weighted by Crippen LogP contribution is 2.12. The van der Waals surface area contributed by atoms with Gasteiger partial charge in [0.15, 0.2) is 0 Å². The van der Waals surface area contributed by atoms with E-state index in [4.69, 9.17) is 11.6 Å². The van der Waals surface area contributed by atoms with E-state index in [0.717, 1.165) is 18.7 Å². The molecule has 0 aliphatic carbocycles. The van der Waals surface area contributed by atoms with Gasteiger partial charge in [0.05, 0.1) is 6.54 Å². The number of nitrogens with zero attached hydrogens (tertiary/aromatic N) is 2. The van der Waals surface area contributed by atoms with E-state index >= 15 is 0 Å². The van der Waals surface area contributed by atoms with Gasteiger partial charge in [-0.05, 0) is 44.1 Å². The average molecular weight is 310 g/mol. The maximum Gasteiger partial charge on any atom is 0.236 e. The van der Waals surface area contributed by atoms with Crippen molar-refractivity contribution in [3.63, 3.8) is 0 Å². The maximum absolute atomic E-state index is 12.2. The summed E-state index contributed by atoms with van der Waals surface area (Å²) in [6.07, 6.45) is 2.44. The van der Waals surface area contributed by atoms with Crippen molar-refractivity contribution in [1.82, 2.24) is 15.1 Å². The van der Waals surface area contributed by atoms with Gasteiger partial charge in [-0.3, -0.25) is 9.69 Å². The van der Waals surface area contributed by atoms with Crippen LogP contribution in [0.1, 0.15) is 18.4 Å². The van der Waals surface area contributed by atoms with E-state index in [2.05, 4.69) is 10.2 Å². The zero-order chi connectivity index (χ0) is 15.2. The van der Waals surface area contributed by atoms with Crippen molar-refractivity contribution >= 4 is 17.5 Å². The number of hydrogen-bond donors (Lipinski definition) is 1. The summed E-state index contributed by atoms with van der Waals surface area (Å²) in [4.78, 5) is 16.1. The van der Waals surface area contributed by atoms with E-state index < -0.39 is 0 Å². The van der Waals surface area contributed by atoms with Gasteiger partial charge in [0.1, 0.15) is 0 Å². The molecule has 2 rings (SSSR count). The molecule has 1 aromatic rings. The Morgan fingerprint density at radius 3 is 2.90 bits per heavy atom. The predicted molar refractivity (Wildman–Crippen MR) is 86.4 cm³/mol. The van der Waals surface area contributed by atoms with Crippen LogP contribution in [-0.4, -0.2) is 55.5 Å². The van der Waals surface area contributed by atoms with Crippen LogP contribution in [0.25, 0.3) is 0 Å². The van der Waals surface area contributed by atoms with Crippen molar-refractivity contribution in [3.05, 3.63) is 34.9 Å². The van der Waals surface area contributed by atoms with E-state index in [-0.39, 0.29) is 5.91 Å². The Morgan fingerprint density at radius 1 is 1.43 bits per heavy atom. The topological polar surface area (TPSA) is 35.6 Å². The van der Waals surface area contributed by atoms with Crippen molar-refractivity contribution < 1.29 is 4.79 Å². The molecule has 5 heteroatoms. The third kappa shape index (κ3) is 5.30. The molecule has 1 atom stereocenters. The van der Waals surface area contributed by atoms with E-state index in [1.807, 2.05) is 38.4 Å². The highest BCUT2D eigenvalue weighted by molar-refractivity contribution is 6.30. The Labute approximate surface area is 132 Å². The summed E-state index contributed by atoms with van der Waals surface area (Å²) in [5.41, 5.74) is 1.05. The summed E-state index contributed by atoms with van der Waals surface area (Å²) < 4.78 is 0. The van der Waals surface area contributed by atoms with Crippen molar-refractivity contribution in [2.45, 2.75) is 25.4 Å². The first-order valence-corrected chi connectivity index (χ1v) is 7.82. The van der Waals surface area contributed by atoms with Gasteiger partial charge in [0.2, 0.25) is 5.91 Å². The van der Waals surface area contributed by atoms with Crippen molar-refractivity contribution in [2.24, 2.45) is 0 Å². The first kappa shape index (κ1) is 16.3. The molecule has 1 aliphatic rings. The molecule has 1 N–H and O–H groups in total. The fraction of sp³-hybridized carbons (Fsp3) is 0.562. The molecule has 0 saturated carbocycles. The zero-order valence-electron chi connectivity index (χ0n) is 12.8. The Kier molecular flexibility index (Phi) is 6.03. The van der Waals surface area contributed by atoms with E-state index in [1.165, 1.54) is 12.8 Å². The number of hydrogen-bond acceptors (Lipinski definition) is 3. The molecule has 1 fully saturated rings. The van der Waals surface area contributed by atoms with E-state index in [9.17, 15) is 4.79 Å². The van der Waals surface area contributed by atoms with Crippen LogP contribution in [0.5, 0.6) is 0 Å². The first-order chi connectivity index (χ1) is 10.0. The number of carbonyl (C=O) groups is 1. The molecule has 0 aromatic heterocycles. The number of likely N-dealkylation sites (N-methyl/N-ethyl adjacent to an activating group) is 2. The number of halogens is 1. The minimum Gasteiger partial charge on any atom is -0.340 e. The monoisotopic (exact) mass is 309 g/mol. The molecule has 116 valence electrons. The average Bonchev–Trinajstić information content (AvgIpc) is 2.91. The number of carbonyl (C=O) groups excluding carboxylic acids is 1. The Balaban J connectivity index is 1.78. The van der Waals surface area contributed by atoms with Crippen LogP contribution >= 0.6 is 11.6 Å². The SMILES string of the molecule is CN(CC(=O)N(C)Cc1cccc(Cl)c1)CC1CCCN1. The highest BCUT2D eigenvalue weighted by Gasteiger charge is 2.18. The molecule has 1 aromatic carbocycles. The molecule has 0 spiro atoms. The van der Waals surface area contributed by atoms with E-state index in [0.29, 0.717) is 24.2 Å². The molecule has 1 saturated heterocycles. The maximum atomic E-state index is 12.2. The van der Waals surface area contributed by atoms with Crippen LogP contribution in [-0.2, 0) is 11.3 Å². The quantitative estimate of drug-likeness (QED) is 0.873. The van der Waals surface area contributed by atoms with Crippen LogP contribution < -0.4 is 5.32 Å². The molecule has 0 bridgehead atoms. The van der Waals surface area contributed by atoms with Gasteiger partial charge >= 0.3 is 0 Å². The highest BCUT2D eigenvalue weighted by atomic mass is 35.5. The number of amides is 1. The van der Waals surface area contributed by atoms with Gasteiger partial charge in [-0.25, -0.2) is 0 Å². The van der Waals surface area contributed by atoms with Crippen molar-refractivity contribution in [2.75, 3.05) is 33.7 Å². The van der Waals surface area contributed by atoms with Crippen molar-refractivity contribution in [1.29, 1.82) is 0 Å². The second-order valence-electron chi connectivity index (χ2n) is 5.87. The van der Waals surface area contributed by atoms with Gasteiger partial charge < -0.3 is 10.2 Å². The molecular formula is C16H24ClN3O. The Morgan fingerprint density at radius 2 is 2.24 bits per heavy atom. The summed E-state index contributed by atoms with van der Waals surface area (Å²) in [6.45, 7) is 3.07. The number of benzene rings is 1. The lowest BCUT2D eigenvalue weighted by Crippen LogP contribution is -2.41. The summed E-state index contributed by atoms with van der Waals surface area (Å²) in [5.74, 6) is 0.135. The standard InChI is InChI=1S/C16H24ClN3O/c1-19(11-15-7-4-8-18-15)12-16(21)20(2)10-13-5-3-6-14(17)9-13/h3,5-6,9,15,18H,4,7-8,10-12H2,1-2H3. The van der Waals surface area contributed by atoms with Gasteiger partial charge in [-0.1, -0.05) is 23.7 Å². The van der Waals surface area contributed by atoms with E-state index in [1.54, 1.807) is 4.90 Å². The van der Waals surface area contributed by atoms with Gasteiger partial charge in [-0.2, -0.15) is 0 Å². The summed E-state index contributed by atoms with van der Waals surface area (Å²) >= 11 is 5.97. The number of rotatable bonds is 6. The minimum absolute atomic E-state index is 0.135. The second-order valence-corrected chi connectivity index (χ2v) is 6.31. The minimum atomic E-state index is 0.135. The van der Waals surface area contributed by atoms with Crippen LogP contribution in [0.4, 0.5) is 0 Å². The molecule has 0 radical (unpaired) electrons. The van der Waals surface area contributed by atoms with Crippen molar-refractivity contribution in [3.8, 4) is 0 Å². The third-order valence-corrected chi connectivity index (χ3v) is 4.07. The van der Waals surface area contributed by atoms with Gasteiger partial charge in [-0.15, -0.1) is 0 Å². The molecule has 1 heterocycles. The lowest BCUT2D eigenvalue weighted by Gasteiger charge is -2.24. The lowest BCUT2D eigenvalue weighted by molar-refractivity contribution is -0.131. The van der Waals surface area contributed by atoms with Crippen LogP contribution in [0, 0.1) is 0 Å². The summed E-state index contributed by atoms with van der Waals surface area (Å²) in [6, 6.07) is 8.17. The van der Waals surface area contributed by atoms with Crippen LogP contribution in [0.2, 0.25) is 5.02 Å². The Bertz CT molecular complexity index is 474. The molecule has 1 unspecified atom stereocenters. The summed E-state index contributed by atoms with van der Waals surface area (Å²) in [7, 11) is 3.84. The first-order valence-electron chi connectivity index (χ1n) is 7.45. The molecule has 1 aliphatic heterocycles. The lowest BCUT2D eigenvalue weighted by atomic mass is 10.2. The second kappa shape index (κ2) is 7.78. The predicted octanol–water partition coefficient (Wildman–Crippen LogP) is 1.98. The smallest absolute Gasteiger partial charge is 0.236 e. The molecule has 21 heavy (non-hydrogen) atoms. The zero-order valence-corrected chi connectivity index (χ0v) is 13.6. The van der Waals surface area contributed by atoms with Gasteiger partial charge in [0.25, 0.3) is 0 Å². The molecule has 1 amide bonds.